The van der Waals surface area contributed by atoms with Crippen LogP contribution in [0.2, 0.25) is 0 Å². The van der Waals surface area contributed by atoms with Crippen LogP contribution in [0, 0.1) is 0 Å². The Balaban J connectivity index is 2.29. The van der Waals surface area contributed by atoms with Gasteiger partial charge in [0.15, 0.2) is 6.10 Å². The van der Waals surface area contributed by atoms with Crippen LogP contribution < -0.4 is 0 Å². The molecular formula is C16H22F3NO3S. The van der Waals surface area contributed by atoms with Crippen molar-refractivity contribution in [3.63, 3.8) is 0 Å². The molecule has 1 aliphatic rings. The number of hydrogen-bond acceptors (Lipinski definition) is 3. The SMILES string of the molecule is CCC(C)c1ccc(S(=O)(=O)N2CCCC2C(O)C(F)(F)F)cc1. The van der Waals surface area contributed by atoms with Gasteiger partial charge in [-0.15, -0.1) is 0 Å². The van der Waals surface area contributed by atoms with Crippen LogP contribution in [0.15, 0.2) is 29.2 Å². The summed E-state index contributed by atoms with van der Waals surface area (Å²) in [6, 6.07) is 4.75. The average molecular weight is 365 g/mol. The highest BCUT2D eigenvalue weighted by molar-refractivity contribution is 7.89. The summed E-state index contributed by atoms with van der Waals surface area (Å²) in [5, 5.41) is 9.48. The van der Waals surface area contributed by atoms with Crippen molar-refractivity contribution >= 4 is 10.0 Å². The van der Waals surface area contributed by atoms with E-state index >= 15 is 0 Å². The number of hydrogen-bond donors (Lipinski definition) is 1. The quantitative estimate of drug-likeness (QED) is 0.871. The number of rotatable bonds is 5. The molecule has 24 heavy (non-hydrogen) atoms. The Labute approximate surface area is 140 Å². The molecule has 3 atom stereocenters. The van der Waals surface area contributed by atoms with E-state index < -0.39 is 28.3 Å². The van der Waals surface area contributed by atoms with E-state index in [-0.39, 0.29) is 23.8 Å². The lowest BCUT2D eigenvalue weighted by Crippen LogP contribution is -2.48. The van der Waals surface area contributed by atoms with Crippen LogP contribution in [-0.2, 0) is 10.0 Å². The zero-order chi connectivity index (χ0) is 18.1. The zero-order valence-corrected chi connectivity index (χ0v) is 14.4. The second-order valence-corrected chi connectivity index (χ2v) is 8.08. The Morgan fingerprint density at radius 3 is 2.38 bits per heavy atom. The third kappa shape index (κ3) is 3.75. The Bertz CT molecular complexity index is 658. The summed E-state index contributed by atoms with van der Waals surface area (Å²) in [6.07, 6.45) is -6.33. The fraction of sp³-hybridized carbons (Fsp3) is 0.625. The number of aliphatic hydroxyl groups excluding tert-OH is 1. The van der Waals surface area contributed by atoms with Crippen LogP contribution in [0.4, 0.5) is 13.2 Å². The summed E-state index contributed by atoms with van der Waals surface area (Å²) in [6.45, 7) is 4.01. The predicted octanol–water partition coefficient (Wildman–Crippen LogP) is 3.28. The van der Waals surface area contributed by atoms with E-state index in [1.165, 1.54) is 12.1 Å². The minimum atomic E-state index is -4.84. The van der Waals surface area contributed by atoms with Crippen LogP contribution in [0.3, 0.4) is 0 Å². The molecule has 1 aromatic rings. The maximum Gasteiger partial charge on any atom is 0.415 e. The summed E-state index contributed by atoms with van der Waals surface area (Å²) in [5.74, 6) is 0.272. The van der Waals surface area contributed by atoms with Gasteiger partial charge in [-0.1, -0.05) is 26.0 Å². The summed E-state index contributed by atoms with van der Waals surface area (Å²) in [5.41, 5.74) is 0.977. The maximum absolute atomic E-state index is 12.8. The molecule has 1 fully saturated rings. The lowest BCUT2D eigenvalue weighted by Gasteiger charge is -2.29. The lowest BCUT2D eigenvalue weighted by molar-refractivity contribution is -0.215. The van der Waals surface area contributed by atoms with Gasteiger partial charge in [-0.3, -0.25) is 0 Å². The molecular weight excluding hydrogens is 343 g/mol. The summed E-state index contributed by atoms with van der Waals surface area (Å²) < 4.78 is 64.5. The molecule has 0 aliphatic carbocycles. The van der Waals surface area contributed by atoms with E-state index in [0.29, 0.717) is 6.42 Å². The second kappa shape index (κ2) is 7.01. The van der Waals surface area contributed by atoms with Crippen molar-refractivity contribution in [2.45, 2.75) is 62.2 Å². The van der Waals surface area contributed by atoms with Crippen molar-refractivity contribution in [1.82, 2.24) is 4.31 Å². The third-order valence-corrected chi connectivity index (χ3v) is 6.55. The molecule has 0 bridgehead atoms. The molecule has 3 unspecified atom stereocenters. The first-order chi connectivity index (χ1) is 11.1. The highest BCUT2D eigenvalue weighted by atomic mass is 32.2. The maximum atomic E-state index is 12.8. The smallest absolute Gasteiger partial charge is 0.382 e. The average Bonchev–Trinajstić information content (AvgIpc) is 3.02. The van der Waals surface area contributed by atoms with Crippen LogP contribution in [0.5, 0.6) is 0 Å². The van der Waals surface area contributed by atoms with Gasteiger partial charge in [0, 0.05) is 6.54 Å². The number of aliphatic hydroxyl groups is 1. The molecule has 0 spiro atoms. The highest BCUT2D eigenvalue weighted by Crippen LogP contribution is 2.34. The molecule has 2 rings (SSSR count). The van der Waals surface area contributed by atoms with Crippen LogP contribution >= 0.6 is 0 Å². The number of benzene rings is 1. The Morgan fingerprint density at radius 2 is 1.88 bits per heavy atom. The van der Waals surface area contributed by atoms with E-state index in [2.05, 4.69) is 0 Å². The summed E-state index contributed by atoms with van der Waals surface area (Å²) >= 11 is 0. The van der Waals surface area contributed by atoms with Crippen molar-refractivity contribution in [1.29, 1.82) is 0 Å². The van der Waals surface area contributed by atoms with Gasteiger partial charge in [-0.2, -0.15) is 17.5 Å². The zero-order valence-electron chi connectivity index (χ0n) is 13.6. The van der Waals surface area contributed by atoms with Crippen LogP contribution in [-0.4, -0.2) is 42.7 Å². The highest BCUT2D eigenvalue weighted by Gasteiger charge is 2.50. The summed E-state index contributed by atoms with van der Waals surface area (Å²) in [4.78, 5) is -0.0455. The fourth-order valence-electron chi connectivity index (χ4n) is 2.94. The molecule has 0 amide bonds. The molecule has 136 valence electrons. The first-order valence-corrected chi connectivity index (χ1v) is 9.39. The molecule has 1 N–H and O–H groups in total. The Kier molecular flexibility index (Phi) is 5.61. The molecule has 8 heteroatoms. The topological polar surface area (TPSA) is 57.6 Å². The number of nitrogens with zero attached hydrogens (tertiary/aromatic N) is 1. The molecule has 1 aliphatic heterocycles. The first kappa shape index (κ1) is 19.2. The fourth-order valence-corrected chi connectivity index (χ4v) is 4.63. The van der Waals surface area contributed by atoms with E-state index in [1.54, 1.807) is 12.1 Å². The van der Waals surface area contributed by atoms with Crippen molar-refractivity contribution in [3.05, 3.63) is 29.8 Å². The van der Waals surface area contributed by atoms with Gasteiger partial charge in [0.2, 0.25) is 10.0 Å². The number of alkyl halides is 3. The number of sulfonamides is 1. The molecule has 0 saturated carbocycles. The predicted molar refractivity (Wildman–Crippen MR) is 84.1 cm³/mol. The van der Waals surface area contributed by atoms with Gasteiger partial charge in [0.25, 0.3) is 0 Å². The van der Waals surface area contributed by atoms with Crippen molar-refractivity contribution in [2.24, 2.45) is 0 Å². The largest absolute Gasteiger partial charge is 0.415 e. The monoisotopic (exact) mass is 365 g/mol. The van der Waals surface area contributed by atoms with Gasteiger partial charge in [0.05, 0.1) is 10.9 Å². The Hall–Kier alpha value is -1.12. The van der Waals surface area contributed by atoms with Gasteiger partial charge >= 0.3 is 6.18 Å². The van der Waals surface area contributed by atoms with Gasteiger partial charge in [-0.25, -0.2) is 8.42 Å². The minimum absolute atomic E-state index is 0.00907. The number of halogens is 3. The van der Waals surface area contributed by atoms with E-state index in [9.17, 15) is 26.7 Å². The lowest BCUT2D eigenvalue weighted by atomic mass is 9.99. The van der Waals surface area contributed by atoms with E-state index in [0.717, 1.165) is 16.3 Å². The van der Waals surface area contributed by atoms with Crippen molar-refractivity contribution in [3.8, 4) is 0 Å². The van der Waals surface area contributed by atoms with Crippen LogP contribution in [0.25, 0.3) is 0 Å². The molecule has 1 aromatic carbocycles. The standard InChI is InChI=1S/C16H22F3NO3S/c1-3-11(2)12-6-8-13(9-7-12)24(22,23)20-10-4-5-14(20)15(21)16(17,18)19/h6-9,11,14-15,21H,3-5,10H2,1-2H3. The molecule has 1 heterocycles. The molecule has 1 saturated heterocycles. The summed E-state index contributed by atoms with van der Waals surface area (Å²) in [7, 11) is -4.07. The van der Waals surface area contributed by atoms with Crippen molar-refractivity contribution < 1.29 is 26.7 Å². The van der Waals surface area contributed by atoms with E-state index in [4.69, 9.17) is 0 Å². The van der Waals surface area contributed by atoms with Gasteiger partial charge in [0.1, 0.15) is 0 Å². The van der Waals surface area contributed by atoms with Gasteiger partial charge < -0.3 is 5.11 Å². The minimum Gasteiger partial charge on any atom is -0.382 e. The normalized spacial score (nSPS) is 22.5. The Morgan fingerprint density at radius 1 is 1.29 bits per heavy atom. The van der Waals surface area contributed by atoms with Crippen molar-refractivity contribution in [2.75, 3.05) is 6.54 Å². The molecule has 4 nitrogen and oxygen atoms in total. The third-order valence-electron chi connectivity index (χ3n) is 4.62. The first-order valence-electron chi connectivity index (χ1n) is 7.95. The molecule has 0 aromatic heterocycles. The van der Waals surface area contributed by atoms with Gasteiger partial charge in [-0.05, 0) is 42.9 Å². The van der Waals surface area contributed by atoms with Crippen LogP contribution in [0.1, 0.15) is 44.6 Å². The molecule has 0 radical (unpaired) electrons. The van der Waals surface area contributed by atoms with E-state index in [1.807, 2.05) is 13.8 Å². The second-order valence-electron chi connectivity index (χ2n) is 6.19.